The summed E-state index contributed by atoms with van der Waals surface area (Å²) in [6, 6.07) is 15.8. The van der Waals surface area contributed by atoms with Gasteiger partial charge in [-0.2, -0.15) is 0 Å². The third-order valence-corrected chi connectivity index (χ3v) is 5.52. The van der Waals surface area contributed by atoms with Crippen LogP contribution >= 0.6 is 11.8 Å². The van der Waals surface area contributed by atoms with Gasteiger partial charge in [-0.3, -0.25) is 9.36 Å². The summed E-state index contributed by atoms with van der Waals surface area (Å²) in [4.78, 5) is 14.6. The van der Waals surface area contributed by atoms with Crippen molar-refractivity contribution in [1.82, 2.24) is 25.0 Å². The molecule has 1 N–H and O–H groups in total. The Kier molecular flexibility index (Phi) is 7.46. The number of nitrogens with one attached hydrogen (secondary N) is 1. The number of halogens is 1. The molecule has 8 heteroatoms. The lowest BCUT2D eigenvalue weighted by Gasteiger charge is -2.28. The summed E-state index contributed by atoms with van der Waals surface area (Å²) in [5.41, 5.74) is 1.60. The molecule has 0 aliphatic carbocycles. The standard InChI is InChI=1S/C23H28FN5OS/c1-23(2,16-28(3)4)15-25-20(30)14-31-22-27-26-21(17-10-12-18(24)13-11-17)29(22)19-8-6-5-7-9-19/h5-13H,14-16H2,1-4H3,(H,25,30). The maximum Gasteiger partial charge on any atom is 0.230 e. The van der Waals surface area contributed by atoms with E-state index in [1.807, 2.05) is 49.0 Å². The molecule has 0 saturated carbocycles. The van der Waals surface area contributed by atoms with Gasteiger partial charge in [0.1, 0.15) is 5.82 Å². The molecule has 164 valence electrons. The molecule has 0 radical (unpaired) electrons. The summed E-state index contributed by atoms with van der Waals surface area (Å²) in [5.74, 6) is 0.467. The van der Waals surface area contributed by atoms with Gasteiger partial charge in [-0.15, -0.1) is 10.2 Å². The molecule has 3 aromatic rings. The van der Waals surface area contributed by atoms with Crippen LogP contribution < -0.4 is 5.32 Å². The zero-order chi connectivity index (χ0) is 22.4. The first-order valence-corrected chi connectivity index (χ1v) is 11.0. The molecule has 3 rings (SSSR count). The Balaban J connectivity index is 1.76. The van der Waals surface area contributed by atoms with Gasteiger partial charge < -0.3 is 10.2 Å². The Hall–Kier alpha value is -2.71. The van der Waals surface area contributed by atoms with E-state index in [1.54, 1.807) is 12.1 Å². The fraction of sp³-hybridized carbons (Fsp3) is 0.348. The summed E-state index contributed by atoms with van der Waals surface area (Å²) < 4.78 is 15.3. The van der Waals surface area contributed by atoms with Crippen LogP contribution in [0.25, 0.3) is 17.1 Å². The van der Waals surface area contributed by atoms with Crippen molar-refractivity contribution < 1.29 is 9.18 Å². The number of carbonyl (C=O) groups excluding carboxylic acids is 1. The molecular weight excluding hydrogens is 413 g/mol. The van der Waals surface area contributed by atoms with Crippen molar-refractivity contribution in [2.45, 2.75) is 19.0 Å². The van der Waals surface area contributed by atoms with Crippen molar-refractivity contribution in [3.63, 3.8) is 0 Å². The van der Waals surface area contributed by atoms with Crippen LogP contribution in [-0.4, -0.2) is 58.5 Å². The molecular formula is C23H28FN5OS. The quantitative estimate of drug-likeness (QED) is 0.511. The van der Waals surface area contributed by atoms with Gasteiger partial charge in [-0.25, -0.2) is 4.39 Å². The molecule has 6 nitrogen and oxygen atoms in total. The van der Waals surface area contributed by atoms with Gasteiger partial charge in [-0.1, -0.05) is 43.8 Å². The number of hydrogen-bond acceptors (Lipinski definition) is 5. The van der Waals surface area contributed by atoms with Crippen molar-refractivity contribution in [3.05, 3.63) is 60.4 Å². The Labute approximate surface area is 186 Å². The monoisotopic (exact) mass is 441 g/mol. The van der Waals surface area contributed by atoms with E-state index in [0.29, 0.717) is 17.5 Å². The van der Waals surface area contributed by atoms with Crippen molar-refractivity contribution in [2.24, 2.45) is 5.41 Å². The summed E-state index contributed by atoms with van der Waals surface area (Å²) in [7, 11) is 4.04. The fourth-order valence-electron chi connectivity index (χ4n) is 3.39. The first-order chi connectivity index (χ1) is 14.7. The zero-order valence-corrected chi connectivity index (χ0v) is 19.1. The highest BCUT2D eigenvalue weighted by Crippen LogP contribution is 2.28. The van der Waals surface area contributed by atoms with Crippen molar-refractivity contribution in [3.8, 4) is 17.1 Å². The number of para-hydroxylation sites is 1. The Bertz CT molecular complexity index is 1000. The lowest BCUT2D eigenvalue weighted by molar-refractivity contribution is -0.119. The van der Waals surface area contributed by atoms with E-state index in [1.165, 1.54) is 23.9 Å². The second kappa shape index (κ2) is 10.1. The molecule has 1 heterocycles. The Morgan fingerprint density at radius 3 is 2.42 bits per heavy atom. The predicted molar refractivity (Wildman–Crippen MR) is 123 cm³/mol. The van der Waals surface area contributed by atoms with E-state index < -0.39 is 0 Å². The Morgan fingerprint density at radius 1 is 1.10 bits per heavy atom. The van der Waals surface area contributed by atoms with Gasteiger partial charge in [0.05, 0.1) is 5.75 Å². The molecule has 1 aromatic heterocycles. The molecule has 0 fully saturated rings. The van der Waals surface area contributed by atoms with Crippen LogP contribution in [0, 0.1) is 11.2 Å². The molecule has 0 bridgehead atoms. The average molecular weight is 442 g/mol. The van der Waals surface area contributed by atoms with Crippen molar-refractivity contribution >= 4 is 17.7 Å². The molecule has 31 heavy (non-hydrogen) atoms. The van der Waals surface area contributed by atoms with Gasteiger partial charge >= 0.3 is 0 Å². The summed E-state index contributed by atoms with van der Waals surface area (Å²) in [5, 5.41) is 12.2. The van der Waals surface area contributed by atoms with Crippen LogP contribution in [0.2, 0.25) is 0 Å². The lowest BCUT2D eigenvalue weighted by Crippen LogP contribution is -2.40. The number of amides is 1. The van der Waals surface area contributed by atoms with Gasteiger partial charge in [0.15, 0.2) is 11.0 Å². The largest absolute Gasteiger partial charge is 0.355 e. The minimum Gasteiger partial charge on any atom is -0.355 e. The number of hydrogen-bond donors (Lipinski definition) is 1. The summed E-state index contributed by atoms with van der Waals surface area (Å²) in [6.07, 6.45) is 0. The third kappa shape index (κ3) is 6.38. The summed E-state index contributed by atoms with van der Waals surface area (Å²) in [6.45, 7) is 5.73. The Morgan fingerprint density at radius 2 is 1.77 bits per heavy atom. The highest BCUT2D eigenvalue weighted by atomic mass is 32.2. The second-order valence-electron chi connectivity index (χ2n) is 8.45. The SMILES string of the molecule is CN(C)CC(C)(C)CNC(=O)CSc1nnc(-c2ccc(F)cc2)n1-c1ccccc1. The van der Waals surface area contributed by atoms with Crippen LogP contribution in [-0.2, 0) is 4.79 Å². The first-order valence-electron chi connectivity index (χ1n) is 10.1. The van der Waals surface area contributed by atoms with E-state index in [0.717, 1.165) is 17.8 Å². The van der Waals surface area contributed by atoms with E-state index in [9.17, 15) is 9.18 Å². The third-order valence-electron chi connectivity index (χ3n) is 4.59. The number of carbonyl (C=O) groups is 1. The molecule has 0 aliphatic rings. The average Bonchev–Trinajstić information content (AvgIpc) is 3.15. The highest BCUT2D eigenvalue weighted by Gasteiger charge is 2.21. The van der Waals surface area contributed by atoms with E-state index in [4.69, 9.17) is 0 Å². The molecule has 0 unspecified atom stereocenters. The maximum absolute atomic E-state index is 13.4. The second-order valence-corrected chi connectivity index (χ2v) is 9.39. The topological polar surface area (TPSA) is 63.1 Å². The van der Waals surface area contributed by atoms with Gasteiger partial charge in [0.2, 0.25) is 5.91 Å². The van der Waals surface area contributed by atoms with Crippen LogP contribution in [0.3, 0.4) is 0 Å². The first kappa shape index (κ1) is 23.0. The van der Waals surface area contributed by atoms with Gasteiger partial charge in [0, 0.05) is 24.3 Å². The highest BCUT2D eigenvalue weighted by molar-refractivity contribution is 7.99. The van der Waals surface area contributed by atoms with Crippen molar-refractivity contribution in [1.29, 1.82) is 0 Å². The maximum atomic E-state index is 13.4. The number of aromatic nitrogens is 3. The normalized spacial score (nSPS) is 11.7. The van der Waals surface area contributed by atoms with E-state index >= 15 is 0 Å². The van der Waals surface area contributed by atoms with Gasteiger partial charge in [-0.05, 0) is 55.9 Å². The van der Waals surface area contributed by atoms with E-state index in [2.05, 4.69) is 34.3 Å². The number of benzene rings is 2. The fourth-order valence-corrected chi connectivity index (χ4v) is 4.17. The number of rotatable bonds is 9. The summed E-state index contributed by atoms with van der Waals surface area (Å²) >= 11 is 1.33. The molecule has 0 aliphatic heterocycles. The van der Waals surface area contributed by atoms with Crippen LogP contribution in [0.15, 0.2) is 59.8 Å². The van der Waals surface area contributed by atoms with Crippen molar-refractivity contribution in [2.75, 3.05) is 32.9 Å². The molecule has 1 amide bonds. The van der Waals surface area contributed by atoms with Crippen LogP contribution in [0.1, 0.15) is 13.8 Å². The van der Waals surface area contributed by atoms with Gasteiger partial charge in [0.25, 0.3) is 0 Å². The van der Waals surface area contributed by atoms with E-state index in [-0.39, 0.29) is 22.9 Å². The smallest absolute Gasteiger partial charge is 0.230 e. The molecule has 0 atom stereocenters. The molecule has 0 spiro atoms. The predicted octanol–water partition coefficient (Wildman–Crippen LogP) is 3.87. The number of nitrogens with zero attached hydrogens (tertiary/aromatic N) is 4. The minimum absolute atomic E-state index is 0.0242. The zero-order valence-electron chi connectivity index (χ0n) is 18.3. The molecule has 2 aromatic carbocycles. The van der Waals surface area contributed by atoms with Crippen LogP contribution in [0.5, 0.6) is 0 Å². The lowest BCUT2D eigenvalue weighted by atomic mass is 9.93. The van der Waals surface area contributed by atoms with Crippen LogP contribution in [0.4, 0.5) is 4.39 Å². The minimum atomic E-state index is -0.307. The molecule has 0 saturated heterocycles. The number of thioether (sulfide) groups is 1.